The zero-order chi connectivity index (χ0) is 16.4. The molecular formula is C16H22N6O2. The van der Waals surface area contributed by atoms with Crippen molar-refractivity contribution in [3.8, 4) is 0 Å². The summed E-state index contributed by atoms with van der Waals surface area (Å²) in [5, 5.41) is 12.1. The first kappa shape index (κ1) is 15.5. The van der Waals surface area contributed by atoms with Gasteiger partial charge in [0.25, 0.3) is 0 Å². The number of hydrogen-bond acceptors (Lipinski definition) is 8. The summed E-state index contributed by atoms with van der Waals surface area (Å²) in [7, 11) is 2.01. The second-order valence-corrected chi connectivity index (χ2v) is 6.51. The zero-order valence-corrected chi connectivity index (χ0v) is 13.8. The molecule has 0 spiro atoms. The Bertz CT molecular complexity index is 660. The van der Waals surface area contributed by atoms with Crippen molar-refractivity contribution in [1.82, 2.24) is 25.2 Å². The molecule has 0 N–H and O–H groups in total. The number of anilines is 1. The fourth-order valence-corrected chi connectivity index (χ4v) is 2.96. The molecule has 128 valence electrons. The van der Waals surface area contributed by atoms with E-state index >= 15 is 0 Å². The first-order chi connectivity index (χ1) is 11.8. The number of hydrogen-bond donors (Lipinski definition) is 0. The van der Waals surface area contributed by atoms with Crippen LogP contribution in [0.3, 0.4) is 0 Å². The summed E-state index contributed by atoms with van der Waals surface area (Å²) in [6.07, 6.45) is 4.17. The third-order valence-corrected chi connectivity index (χ3v) is 4.43. The molecule has 3 heterocycles. The number of nitrogens with zero attached hydrogens (tertiary/aromatic N) is 6. The number of morpholine rings is 1. The van der Waals surface area contributed by atoms with Gasteiger partial charge in [0, 0.05) is 38.8 Å². The van der Waals surface area contributed by atoms with Crippen LogP contribution in [0.25, 0.3) is 0 Å². The predicted octanol–water partition coefficient (Wildman–Crippen LogP) is 1.07. The average molecular weight is 330 g/mol. The minimum absolute atomic E-state index is 0.122. The summed E-state index contributed by atoms with van der Waals surface area (Å²) < 4.78 is 11.3. The van der Waals surface area contributed by atoms with Crippen molar-refractivity contribution < 1.29 is 9.26 Å². The molecule has 0 radical (unpaired) electrons. The van der Waals surface area contributed by atoms with Crippen LogP contribution in [0.5, 0.6) is 0 Å². The summed E-state index contributed by atoms with van der Waals surface area (Å²) in [4.78, 5) is 8.89. The third kappa shape index (κ3) is 3.70. The molecule has 4 rings (SSSR count). The van der Waals surface area contributed by atoms with Crippen molar-refractivity contribution in [3.05, 3.63) is 30.0 Å². The maximum atomic E-state index is 5.89. The Morgan fingerprint density at radius 2 is 2.29 bits per heavy atom. The molecule has 1 aliphatic carbocycles. The van der Waals surface area contributed by atoms with E-state index in [-0.39, 0.29) is 6.10 Å². The number of ether oxygens (including phenoxy) is 1. The van der Waals surface area contributed by atoms with Crippen LogP contribution in [-0.2, 0) is 11.3 Å². The lowest BCUT2D eigenvalue weighted by molar-refractivity contribution is -0.0292. The molecule has 8 heteroatoms. The quantitative estimate of drug-likeness (QED) is 0.778. The Hall–Kier alpha value is -2.06. The van der Waals surface area contributed by atoms with E-state index in [9.17, 15) is 0 Å². The van der Waals surface area contributed by atoms with Crippen LogP contribution in [0.1, 0.15) is 30.5 Å². The van der Waals surface area contributed by atoms with Gasteiger partial charge in [-0.3, -0.25) is 4.90 Å². The molecule has 2 aliphatic rings. The molecule has 1 unspecified atom stereocenters. The van der Waals surface area contributed by atoms with Crippen molar-refractivity contribution in [3.63, 3.8) is 0 Å². The van der Waals surface area contributed by atoms with Crippen LogP contribution in [0, 0.1) is 0 Å². The van der Waals surface area contributed by atoms with E-state index in [0.29, 0.717) is 25.0 Å². The Kier molecular flexibility index (Phi) is 4.40. The lowest BCUT2D eigenvalue weighted by Gasteiger charge is -2.34. The highest BCUT2D eigenvalue weighted by molar-refractivity contribution is 5.35. The van der Waals surface area contributed by atoms with Crippen LogP contribution < -0.4 is 4.90 Å². The van der Waals surface area contributed by atoms with Gasteiger partial charge in [0.1, 0.15) is 0 Å². The standard InChI is InChI=1S/C16H22N6O2/c1-21(14-3-2-6-17-19-14)9-13-10-22(7-8-23-13)11-15-18-16(20-24-15)12-4-5-12/h2-3,6,12-13H,4-5,7-11H2,1H3. The molecule has 2 aromatic rings. The van der Waals surface area contributed by atoms with E-state index in [4.69, 9.17) is 9.26 Å². The van der Waals surface area contributed by atoms with Crippen LogP contribution >= 0.6 is 0 Å². The highest BCUT2D eigenvalue weighted by Crippen LogP contribution is 2.38. The molecule has 0 aromatic carbocycles. The Morgan fingerprint density at radius 1 is 1.38 bits per heavy atom. The van der Waals surface area contributed by atoms with Crippen molar-refractivity contribution >= 4 is 5.82 Å². The average Bonchev–Trinajstić information content (AvgIpc) is 3.36. The summed E-state index contributed by atoms with van der Waals surface area (Å²) in [6, 6.07) is 3.84. The molecule has 2 fully saturated rings. The van der Waals surface area contributed by atoms with Gasteiger partial charge in [0.2, 0.25) is 5.89 Å². The molecule has 1 atom stereocenters. The van der Waals surface area contributed by atoms with E-state index < -0.39 is 0 Å². The van der Waals surface area contributed by atoms with Crippen LogP contribution in [-0.4, -0.2) is 64.6 Å². The van der Waals surface area contributed by atoms with Gasteiger partial charge in [0.15, 0.2) is 11.6 Å². The molecule has 0 amide bonds. The van der Waals surface area contributed by atoms with Crippen molar-refractivity contribution in [2.24, 2.45) is 0 Å². The largest absolute Gasteiger partial charge is 0.374 e. The fourth-order valence-electron chi connectivity index (χ4n) is 2.96. The maximum Gasteiger partial charge on any atom is 0.240 e. The molecule has 0 bridgehead atoms. The zero-order valence-electron chi connectivity index (χ0n) is 13.8. The van der Waals surface area contributed by atoms with Gasteiger partial charge in [-0.2, -0.15) is 10.1 Å². The second kappa shape index (κ2) is 6.82. The summed E-state index contributed by atoms with van der Waals surface area (Å²) in [5.74, 6) is 2.96. The minimum Gasteiger partial charge on any atom is -0.374 e. The molecule has 1 saturated heterocycles. The predicted molar refractivity (Wildman–Crippen MR) is 86.6 cm³/mol. The lowest BCUT2D eigenvalue weighted by Crippen LogP contribution is -2.46. The van der Waals surface area contributed by atoms with E-state index in [1.54, 1.807) is 6.20 Å². The van der Waals surface area contributed by atoms with E-state index in [1.807, 2.05) is 19.2 Å². The highest BCUT2D eigenvalue weighted by Gasteiger charge is 2.29. The lowest BCUT2D eigenvalue weighted by atomic mass is 10.2. The fraction of sp³-hybridized carbons (Fsp3) is 0.625. The number of aromatic nitrogens is 4. The maximum absolute atomic E-state index is 5.89. The Balaban J connectivity index is 1.31. The molecule has 1 aliphatic heterocycles. The minimum atomic E-state index is 0.122. The monoisotopic (exact) mass is 330 g/mol. The SMILES string of the molecule is CN(CC1CN(Cc2nc(C3CC3)no2)CCO1)c1cccnn1. The molecule has 8 nitrogen and oxygen atoms in total. The third-order valence-electron chi connectivity index (χ3n) is 4.43. The van der Waals surface area contributed by atoms with Crippen LogP contribution in [0.4, 0.5) is 5.82 Å². The van der Waals surface area contributed by atoms with Gasteiger partial charge in [0.05, 0.1) is 19.3 Å². The van der Waals surface area contributed by atoms with E-state index in [0.717, 1.165) is 31.3 Å². The highest BCUT2D eigenvalue weighted by atomic mass is 16.5. The van der Waals surface area contributed by atoms with Crippen LogP contribution in [0.15, 0.2) is 22.9 Å². The van der Waals surface area contributed by atoms with Crippen molar-refractivity contribution in [1.29, 1.82) is 0 Å². The summed E-state index contributed by atoms with van der Waals surface area (Å²) in [6.45, 7) is 3.89. The van der Waals surface area contributed by atoms with Gasteiger partial charge in [-0.15, -0.1) is 5.10 Å². The van der Waals surface area contributed by atoms with Gasteiger partial charge in [-0.25, -0.2) is 0 Å². The topological polar surface area (TPSA) is 80.4 Å². The van der Waals surface area contributed by atoms with Gasteiger partial charge in [-0.1, -0.05) is 5.16 Å². The second-order valence-electron chi connectivity index (χ2n) is 6.51. The van der Waals surface area contributed by atoms with Gasteiger partial charge >= 0.3 is 0 Å². The summed E-state index contributed by atoms with van der Waals surface area (Å²) >= 11 is 0. The molecule has 1 saturated carbocycles. The Morgan fingerprint density at radius 3 is 3.08 bits per heavy atom. The van der Waals surface area contributed by atoms with Crippen molar-refractivity contribution in [2.45, 2.75) is 31.4 Å². The first-order valence-electron chi connectivity index (χ1n) is 8.43. The smallest absolute Gasteiger partial charge is 0.240 e. The van der Waals surface area contributed by atoms with Gasteiger partial charge in [-0.05, 0) is 25.0 Å². The number of rotatable bonds is 6. The first-order valence-corrected chi connectivity index (χ1v) is 8.43. The molecular weight excluding hydrogens is 308 g/mol. The molecule has 24 heavy (non-hydrogen) atoms. The van der Waals surface area contributed by atoms with Crippen molar-refractivity contribution in [2.75, 3.05) is 38.2 Å². The van der Waals surface area contributed by atoms with E-state index in [1.165, 1.54) is 12.8 Å². The van der Waals surface area contributed by atoms with Crippen LogP contribution in [0.2, 0.25) is 0 Å². The normalized spacial score (nSPS) is 21.8. The number of likely N-dealkylation sites (N-methyl/N-ethyl adjacent to an activating group) is 1. The van der Waals surface area contributed by atoms with Gasteiger partial charge < -0.3 is 14.2 Å². The van der Waals surface area contributed by atoms with E-state index in [2.05, 4.69) is 30.1 Å². The Labute approximate surface area is 140 Å². The molecule has 2 aromatic heterocycles. The summed E-state index contributed by atoms with van der Waals surface area (Å²) in [5.41, 5.74) is 0.